The molecule has 0 atom stereocenters. The fourth-order valence-electron chi connectivity index (χ4n) is 2.02. The normalized spacial score (nSPS) is 14.8. The van der Waals surface area contributed by atoms with Crippen molar-refractivity contribution < 1.29 is 4.39 Å². The molecule has 3 nitrogen and oxygen atoms in total. The molecule has 0 saturated heterocycles. The first-order chi connectivity index (χ1) is 9.22. The lowest BCUT2D eigenvalue weighted by molar-refractivity contribution is 0.609. The van der Waals surface area contributed by atoms with Crippen molar-refractivity contribution in [3.05, 3.63) is 52.8 Å². The van der Waals surface area contributed by atoms with Crippen LogP contribution >= 0.6 is 11.6 Å². The van der Waals surface area contributed by atoms with Crippen molar-refractivity contribution in [2.24, 2.45) is 0 Å². The Labute approximate surface area is 116 Å². The van der Waals surface area contributed by atoms with Crippen LogP contribution in [0.5, 0.6) is 0 Å². The summed E-state index contributed by atoms with van der Waals surface area (Å²) < 4.78 is 15.2. The van der Waals surface area contributed by atoms with E-state index >= 15 is 0 Å². The maximum atomic E-state index is 13.2. The second-order valence-electron chi connectivity index (χ2n) is 4.86. The van der Waals surface area contributed by atoms with Gasteiger partial charge in [-0.3, -0.25) is 0 Å². The number of benzene rings is 1. The number of nitrogens with zero attached hydrogens (tertiary/aromatic N) is 2. The van der Waals surface area contributed by atoms with Gasteiger partial charge in [0.25, 0.3) is 0 Å². The van der Waals surface area contributed by atoms with Crippen LogP contribution < -0.4 is 5.32 Å². The summed E-state index contributed by atoms with van der Waals surface area (Å²) in [6.45, 7) is 1.28. The molecule has 0 spiro atoms. The smallest absolute Gasteiger partial charge is 0.123 e. The Bertz CT molecular complexity index is 578. The molecule has 1 aliphatic rings. The second kappa shape index (κ2) is 5.31. The second-order valence-corrected chi connectivity index (χ2v) is 5.27. The molecule has 5 heteroatoms. The summed E-state index contributed by atoms with van der Waals surface area (Å²) in [5.74, 6) is 0.685. The summed E-state index contributed by atoms with van der Waals surface area (Å²) in [5.41, 5.74) is 0.771. The van der Waals surface area contributed by atoms with E-state index in [0.717, 1.165) is 17.9 Å². The van der Waals surface area contributed by atoms with Gasteiger partial charge in [0, 0.05) is 23.5 Å². The van der Waals surface area contributed by atoms with E-state index in [9.17, 15) is 4.39 Å². The van der Waals surface area contributed by atoms with E-state index in [1.807, 2.05) is 10.8 Å². The summed E-state index contributed by atoms with van der Waals surface area (Å²) in [6, 6.07) is 5.07. The Kier molecular flexibility index (Phi) is 3.53. The van der Waals surface area contributed by atoms with E-state index in [1.165, 1.54) is 25.0 Å². The molecular formula is C14H15ClFN3. The van der Waals surface area contributed by atoms with Crippen LogP contribution in [0.2, 0.25) is 5.02 Å². The zero-order chi connectivity index (χ0) is 13.2. The summed E-state index contributed by atoms with van der Waals surface area (Å²) >= 11 is 6.09. The molecule has 100 valence electrons. The van der Waals surface area contributed by atoms with Gasteiger partial charge in [-0.25, -0.2) is 9.37 Å². The highest BCUT2D eigenvalue weighted by molar-refractivity contribution is 6.31. The van der Waals surface area contributed by atoms with Crippen molar-refractivity contribution in [3.63, 3.8) is 0 Å². The quantitative estimate of drug-likeness (QED) is 0.912. The van der Waals surface area contributed by atoms with Gasteiger partial charge < -0.3 is 9.88 Å². The van der Waals surface area contributed by atoms with Gasteiger partial charge in [0.2, 0.25) is 0 Å². The molecule has 1 aliphatic carbocycles. The average Bonchev–Trinajstić information content (AvgIpc) is 3.12. The Morgan fingerprint density at radius 1 is 1.42 bits per heavy atom. The third kappa shape index (κ3) is 3.14. The van der Waals surface area contributed by atoms with Crippen LogP contribution in [0.1, 0.15) is 24.2 Å². The molecule has 2 aromatic rings. The maximum absolute atomic E-state index is 13.2. The van der Waals surface area contributed by atoms with E-state index in [0.29, 0.717) is 17.6 Å². The first kappa shape index (κ1) is 12.6. The number of aromatic nitrogens is 2. The zero-order valence-corrected chi connectivity index (χ0v) is 11.2. The molecule has 19 heavy (non-hydrogen) atoms. The largest absolute Gasteiger partial charge is 0.329 e. The van der Waals surface area contributed by atoms with Crippen molar-refractivity contribution in [2.75, 3.05) is 0 Å². The Hall–Kier alpha value is -1.39. The topological polar surface area (TPSA) is 29.9 Å². The third-order valence-electron chi connectivity index (χ3n) is 3.28. The first-order valence-corrected chi connectivity index (χ1v) is 6.77. The van der Waals surface area contributed by atoms with Crippen LogP contribution in [-0.4, -0.2) is 15.6 Å². The van der Waals surface area contributed by atoms with E-state index in [-0.39, 0.29) is 5.82 Å². The minimum Gasteiger partial charge on any atom is -0.329 e. The fourth-order valence-corrected chi connectivity index (χ4v) is 2.20. The summed E-state index contributed by atoms with van der Waals surface area (Å²) in [5, 5.41) is 4.00. The highest BCUT2D eigenvalue weighted by Gasteiger charge is 2.20. The molecule has 3 rings (SSSR count). The van der Waals surface area contributed by atoms with Crippen LogP contribution in [0.25, 0.3) is 0 Å². The third-order valence-corrected chi connectivity index (χ3v) is 3.65. The number of halogens is 2. The fraction of sp³-hybridized carbons (Fsp3) is 0.357. The lowest BCUT2D eigenvalue weighted by Gasteiger charge is -2.10. The summed E-state index contributed by atoms with van der Waals surface area (Å²) in [7, 11) is 0. The Balaban J connectivity index is 1.74. The molecule has 0 bridgehead atoms. The molecule has 0 amide bonds. The molecule has 1 heterocycles. The lowest BCUT2D eigenvalue weighted by atomic mass is 10.2. The van der Waals surface area contributed by atoms with Crippen molar-refractivity contribution in [1.82, 2.24) is 14.9 Å². The molecule has 1 saturated carbocycles. The zero-order valence-electron chi connectivity index (χ0n) is 10.4. The molecule has 0 unspecified atom stereocenters. The van der Waals surface area contributed by atoms with Gasteiger partial charge in [-0.05, 0) is 36.6 Å². The lowest BCUT2D eigenvalue weighted by Crippen LogP contribution is -2.19. The first-order valence-electron chi connectivity index (χ1n) is 6.40. The van der Waals surface area contributed by atoms with E-state index in [4.69, 9.17) is 11.6 Å². The van der Waals surface area contributed by atoms with E-state index < -0.39 is 0 Å². The van der Waals surface area contributed by atoms with Crippen molar-refractivity contribution in [2.45, 2.75) is 32.0 Å². The minimum atomic E-state index is -0.267. The van der Waals surface area contributed by atoms with Crippen molar-refractivity contribution in [3.8, 4) is 0 Å². The predicted octanol–water partition coefficient (Wildman–Crippen LogP) is 2.98. The van der Waals surface area contributed by atoms with Gasteiger partial charge in [-0.15, -0.1) is 0 Å². The molecule has 1 fully saturated rings. The van der Waals surface area contributed by atoms with Crippen LogP contribution in [-0.2, 0) is 13.1 Å². The Morgan fingerprint density at radius 2 is 2.26 bits per heavy atom. The monoisotopic (exact) mass is 279 g/mol. The molecular weight excluding hydrogens is 265 g/mol. The van der Waals surface area contributed by atoms with Gasteiger partial charge in [-0.2, -0.15) is 0 Å². The van der Waals surface area contributed by atoms with Gasteiger partial charge >= 0.3 is 0 Å². The van der Waals surface area contributed by atoms with Crippen LogP contribution in [0.15, 0.2) is 30.6 Å². The maximum Gasteiger partial charge on any atom is 0.123 e. The van der Waals surface area contributed by atoms with Gasteiger partial charge in [-0.1, -0.05) is 11.6 Å². The number of hydrogen-bond donors (Lipinski definition) is 1. The molecule has 1 aromatic carbocycles. The number of hydrogen-bond acceptors (Lipinski definition) is 2. The standard InChI is InChI=1S/C14H15ClFN3/c15-13-4-1-11(16)7-10(13)9-19-6-5-17-14(19)8-18-12-2-3-12/h1,4-7,12,18H,2-3,8-9H2. The van der Waals surface area contributed by atoms with Gasteiger partial charge in [0.1, 0.15) is 11.6 Å². The molecule has 0 radical (unpaired) electrons. The number of imidazole rings is 1. The number of nitrogens with one attached hydrogen (secondary N) is 1. The van der Waals surface area contributed by atoms with E-state index in [2.05, 4.69) is 10.3 Å². The van der Waals surface area contributed by atoms with Crippen LogP contribution in [0.3, 0.4) is 0 Å². The highest BCUT2D eigenvalue weighted by Crippen LogP contribution is 2.20. The predicted molar refractivity (Wildman–Crippen MR) is 72.6 cm³/mol. The molecule has 1 aromatic heterocycles. The van der Waals surface area contributed by atoms with Crippen LogP contribution in [0, 0.1) is 5.82 Å². The SMILES string of the molecule is Fc1ccc(Cl)c(Cn2ccnc2CNC2CC2)c1. The van der Waals surface area contributed by atoms with Crippen molar-refractivity contribution >= 4 is 11.6 Å². The minimum absolute atomic E-state index is 0.267. The molecule has 1 N–H and O–H groups in total. The number of rotatable bonds is 5. The molecule has 0 aliphatic heterocycles. The van der Waals surface area contributed by atoms with Crippen LogP contribution in [0.4, 0.5) is 4.39 Å². The van der Waals surface area contributed by atoms with E-state index in [1.54, 1.807) is 12.3 Å². The van der Waals surface area contributed by atoms with Crippen molar-refractivity contribution in [1.29, 1.82) is 0 Å². The van der Waals surface area contributed by atoms with Gasteiger partial charge in [0.05, 0.1) is 13.1 Å². The Morgan fingerprint density at radius 3 is 3.05 bits per heavy atom. The van der Waals surface area contributed by atoms with Gasteiger partial charge in [0.15, 0.2) is 0 Å². The summed E-state index contributed by atoms with van der Waals surface area (Å²) in [6.07, 6.45) is 6.15. The summed E-state index contributed by atoms with van der Waals surface area (Å²) in [4.78, 5) is 4.33. The highest BCUT2D eigenvalue weighted by atomic mass is 35.5. The average molecular weight is 280 g/mol.